The number of carbonyl (C=O) groups is 1. The largest absolute Gasteiger partial charge is 0.497 e. The van der Waals surface area contributed by atoms with Gasteiger partial charge >= 0.3 is 0 Å². The highest BCUT2D eigenvalue weighted by Crippen LogP contribution is 2.32. The summed E-state index contributed by atoms with van der Waals surface area (Å²) in [4.78, 5) is 14.3. The van der Waals surface area contributed by atoms with Gasteiger partial charge in [-0.3, -0.25) is 9.69 Å². The first-order chi connectivity index (χ1) is 10.1. The van der Waals surface area contributed by atoms with Gasteiger partial charge in [0.2, 0.25) is 5.91 Å². The van der Waals surface area contributed by atoms with Gasteiger partial charge in [-0.25, -0.2) is 0 Å². The Kier molecular flexibility index (Phi) is 5.20. The number of nitrogens with zero attached hydrogens (tertiary/aromatic N) is 1. The van der Waals surface area contributed by atoms with Crippen molar-refractivity contribution in [2.24, 2.45) is 5.73 Å². The van der Waals surface area contributed by atoms with Crippen LogP contribution >= 0.6 is 0 Å². The lowest BCUT2D eigenvalue weighted by molar-refractivity contribution is -0.125. The van der Waals surface area contributed by atoms with E-state index < -0.39 is 0 Å². The topological polar surface area (TPSA) is 67.6 Å². The fourth-order valence-electron chi connectivity index (χ4n) is 3.19. The highest BCUT2D eigenvalue weighted by molar-refractivity contribution is 5.81. The van der Waals surface area contributed by atoms with Crippen LogP contribution in [0.5, 0.6) is 5.75 Å². The lowest BCUT2D eigenvalue weighted by Crippen LogP contribution is -2.48. The molecule has 2 rings (SSSR count). The van der Waals surface area contributed by atoms with Crippen LogP contribution in [0.3, 0.4) is 0 Å². The van der Waals surface area contributed by atoms with Gasteiger partial charge in [0.15, 0.2) is 0 Å². The smallest absolute Gasteiger partial charge is 0.237 e. The van der Waals surface area contributed by atoms with Crippen LogP contribution in [0.1, 0.15) is 31.4 Å². The molecule has 0 aliphatic carbocycles. The molecule has 1 fully saturated rings. The molecule has 1 heterocycles. The lowest BCUT2D eigenvalue weighted by Gasteiger charge is -2.35. The molecule has 0 saturated carbocycles. The average molecular weight is 291 g/mol. The third-order valence-corrected chi connectivity index (χ3v) is 4.13. The van der Waals surface area contributed by atoms with E-state index in [4.69, 9.17) is 10.5 Å². The van der Waals surface area contributed by atoms with Crippen LogP contribution in [0.15, 0.2) is 24.3 Å². The van der Waals surface area contributed by atoms with Crippen LogP contribution in [0, 0.1) is 0 Å². The van der Waals surface area contributed by atoms with Gasteiger partial charge in [-0.15, -0.1) is 0 Å². The molecule has 116 valence electrons. The molecule has 1 aliphatic heterocycles. The number of nitrogens with one attached hydrogen (secondary N) is 1. The molecule has 1 aromatic rings. The highest BCUT2D eigenvalue weighted by Gasteiger charge is 2.37. The standard InChI is InChI=1S/C16H25N3O2/c1-11(17)15(12-6-4-7-13(10-12)21-3)19-9-5-8-14(19)16(20)18-2/h4,6-7,10-11,14-15H,5,8-9,17H2,1-3H3,(H,18,20). The second-order valence-corrected chi connectivity index (χ2v) is 5.59. The van der Waals surface area contributed by atoms with Crippen LogP contribution in [0.2, 0.25) is 0 Å². The summed E-state index contributed by atoms with van der Waals surface area (Å²) in [6, 6.07) is 7.80. The number of likely N-dealkylation sites (tertiary alicyclic amines) is 1. The first-order valence-corrected chi connectivity index (χ1v) is 7.45. The molecule has 3 N–H and O–H groups in total. The van der Waals surface area contributed by atoms with Crippen molar-refractivity contribution >= 4 is 5.91 Å². The van der Waals surface area contributed by atoms with E-state index in [-0.39, 0.29) is 24.0 Å². The highest BCUT2D eigenvalue weighted by atomic mass is 16.5. The predicted molar refractivity (Wildman–Crippen MR) is 83.2 cm³/mol. The molecule has 1 amide bonds. The Morgan fingerprint density at radius 2 is 2.29 bits per heavy atom. The van der Waals surface area contributed by atoms with Gasteiger partial charge in [-0.05, 0) is 44.0 Å². The first kappa shape index (κ1) is 15.8. The van der Waals surface area contributed by atoms with Gasteiger partial charge in [-0.2, -0.15) is 0 Å². The molecule has 5 heteroatoms. The van der Waals surface area contributed by atoms with Gasteiger partial charge in [0.1, 0.15) is 5.75 Å². The maximum atomic E-state index is 12.1. The van der Waals surface area contributed by atoms with Gasteiger partial charge in [0.05, 0.1) is 19.2 Å². The normalized spacial score (nSPS) is 21.8. The van der Waals surface area contributed by atoms with E-state index in [2.05, 4.69) is 16.3 Å². The number of methoxy groups -OCH3 is 1. The van der Waals surface area contributed by atoms with Gasteiger partial charge < -0.3 is 15.8 Å². The zero-order valence-corrected chi connectivity index (χ0v) is 13.0. The maximum absolute atomic E-state index is 12.1. The van der Waals surface area contributed by atoms with Crippen LogP contribution in [-0.4, -0.2) is 43.6 Å². The molecule has 21 heavy (non-hydrogen) atoms. The summed E-state index contributed by atoms with van der Waals surface area (Å²) in [7, 11) is 3.34. The summed E-state index contributed by atoms with van der Waals surface area (Å²) in [5.41, 5.74) is 7.33. The lowest BCUT2D eigenvalue weighted by atomic mass is 9.98. The summed E-state index contributed by atoms with van der Waals surface area (Å²) in [6.07, 6.45) is 1.90. The van der Waals surface area contributed by atoms with Crippen molar-refractivity contribution in [1.82, 2.24) is 10.2 Å². The average Bonchev–Trinajstić information content (AvgIpc) is 2.95. The minimum Gasteiger partial charge on any atom is -0.497 e. The third-order valence-electron chi connectivity index (χ3n) is 4.13. The molecular weight excluding hydrogens is 266 g/mol. The van der Waals surface area contributed by atoms with Crippen molar-refractivity contribution in [3.8, 4) is 5.75 Å². The van der Waals surface area contributed by atoms with Crippen molar-refractivity contribution in [2.75, 3.05) is 20.7 Å². The number of hydrogen-bond acceptors (Lipinski definition) is 4. The van der Waals surface area contributed by atoms with E-state index in [1.165, 1.54) is 0 Å². The Morgan fingerprint density at radius 3 is 2.90 bits per heavy atom. The Hall–Kier alpha value is -1.59. The van der Waals surface area contributed by atoms with Gasteiger partial charge in [0, 0.05) is 13.1 Å². The second-order valence-electron chi connectivity index (χ2n) is 5.59. The molecular formula is C16H25N3O2. The SMILES string of the molecule is CNC(=O)C1CCCN1C(c1cccc(OC)c1)C(C)N. The molecule has 0 spiro atoms. The number of benzene rings is 1. The zero-order chi connectivity index (χ0) is 15.4. The summed E-state index contributed by atoms with van der Waals surface area (Å²) in [5.74, 6) is 0.884. The molecule has 1 aromatic carbocycles. The number of hydrogen-bond donors (Lipinski definition) is 2. The number of carbonyl (C=O) groups excluding carboxylic acids is 1. The van der Waals surface area contributed by atoms with Crippen molar-refractivity contribution in [3.05, 3.63) is 29.8 Å². The van der Waals surface area contributed by atoms with Gasteiger partial charge in [0.25, 0.3) is 0 Å². The van der Waals surface area contributed by atoms with E-state index in [9.17, 15) is 4.79 Å². The molecule has 1 saturated heterocycles. The molecule has 3 unspecified atom stereocenters. The van der Waals surface area contributed by atoms with E-state index in [1.54, 1.807) is 14.2 Å². The predicted octanol–water partition coefficient (Wildman–Crippen LogP) is 1.29. The van der Waals surface area contributed by atoms with Crippen molar-refractivity contribution < 1.29 is 9.53 Å². The summed E-state index contributed by atoms with van der Waals surface area (Å²) in [5, 5.41) is 2.76. The first-order valence-electron chi connectivity index (χ1n) is 7.45. The van der Waals surface area contributed by atoms with Crippen LogP contribution in [0.4, 0.5) is 0 Å². The maximum Gasteiger partial charge on any atom is 0.237 e. The molecule has 0 bridgehead atoms. The fraction of sp³-hybridized carbons (Fsp3) is 0.562. The Bertz CT molecular complexity index is 490. The summed E-state index contributed by atoms with van der Waals surface area (Å²) >= 11 is 0. The minimum atomic E-state index is -0.0998. The summed E-state index contributed by atoms with van der Waals surface area (Å²) in [6.45, 7) is 2.88. The zero-order valence-electron chi connectivity index (χ0n) is 13.0. The Morgan fingerprint density at radius 1 is 1.52 bits per heavy atom. The second kappa shape index (κ2) is 6.91. The van der Waals surface area contributed by atoms with Crippen LogP contribution < -0.4 is 15.8 Å². The number of amides is 1. The van der Waals surface area contributed by atoms with E-state index >= 15 is 0 Å². The Balaban J connectivity index is 2.31. The van der Waals surface area contributed by atoms with Gasteiger partial charge in [-0.1, -0.05) is 12.1 Å². The number of likely N-dealkylation sites (N-methyl/N-ethyl adjacent to an activating group) is 1. The number of ether oxygens (including phenoxy) is 1. The third kappa shape index (κ3) is 3.36. The molecule has 0 aromatic heterocycles. The van der Waals surface area contributed by atoms with Crippen molar-refractivity contribution in [2.45, 2.75) is 37.9 Å². The van der Waals surface area contributed by atoms with E-state index in [0.29, 0.717) is 0 Å². The van der Waals surface area contributed by atoms with Crippen molar-refractivity contribution in [1.29, 1.82) is 0 Å². The molecule has 0 radical (unpaired) electrons. The number of rotatable bonds is 5. The summed E-state index contributed by atoms with van der Waals surface area (Å²) < 4.78 is 5.30. The minimum absolute atomic E-state index is 0.0184. The Labute approximate surface area is 126 Å². The van der Waals surface area contributed by atoms with E-state index in [0.717, 1.165) is 30.7 Å². The molecule has 1 aliphatic rings. The van der Waals surface area contributed by atoms with Crippen LogP contribution in [0.25, 0.3) is 0 Å². The molecule has 5 nitrogen and oxygen atoms in total. The quantitative estimate of drug-likeness (QED) is 0.858. The number of nitrogens with two attached hydrogens (primary N) is 1. The van der Waals surface area contributed by atoms with E-state index in [1.807, 2.05) is 25.1 Å². The van der Waals surface area contributed by atoms with Crippen molar-refractivity contribution in [3.63, 3.8) is 0 Å². The monoisotopic (exact) mass is 291 g/mol. The fourth-order valence-corrected chi connectivity index (χ4v) is 3.19. The van der Waals surface area contributed by atoms with Crippen LogP contribution in [-0.2, 0) is 4.79 Å². The molecule has 3 atom stereocenters.